The van der Waals surface area contributed by atoms with Crippen LogP contribution in [0.15, 0.2) is 0 Å². The van der Waals surface area contributed by atoms with Crippen molar-refractivity contribution in [3.63, 3.8) is 0 Å². The molecule has 1 aliphatic heterocycles. The Morgan fingerprint density at radius 2 is 1.82 bits per heavy atom. The summed E-state index contributed by atoms with van der Waals surface area (Å²) in [7, 11) is 0. The van der Waals surface area contributed by atoms with Gasteiger partial charge in [0.1, 0.15) is 5.92 Å². The maximum absolute atomic E-state index is 13.2. The Morgan fingerprint density at radius 3 is 2.18 bits per heavy atom. The van der Waals surface area contributed by atoms with Crippen LogP contribution in [0, 0.1) is 5.92 Å². The fourth-order valence-electron chi connectivity index (χ4n) is 1.60. The average molecular weight is 261 g/mol. The Bertz CT molecular complexity index is 341. The summed E-state index contributed by atoms with van der Waals surface area (Å²) in [5.41, 5.74) is 0. The third kappa shape index (κ3) is 2.83. The molecule has 0 spiro atoms. The molecule has 1 heterocycles. The van der Waals surface area contributed by atoms with E-state index in [0.29, 0.717) is 0 Å². The Balaban J connectivity index is 2.80. The summed E-state index contributed by atoms with van der Waals surface area (Å²) in [6.45, 7) is -2.17. The van der Waals surface area contributed by atoms with E-state index in [0.717, 1.165) is 0 Å². The standard InChI is InChI=1S/C8H8F5NO3/c9-7(10)3-14(6(17)8(11,12)13)2-1-4(7)5(15)16/h4H,1-3H2,(H,15,16). The number of alkyl halides is 5. The average Bonchev–Trinajstić information content (AvgIpc) is 2.12. The number of carbonyl (C=O) groups excluding carboxylic acids is 1. The van der Waals surface area contributed by atoms with Gasteiger partial charge in [-0.25, -0.2) is 8.78 Å². The number of likely N-dealkylation sites (tertiary alicyclic amines) is 1. The lowest BCUT2D eigenvalue weighted by molar-refractivity contribution is -0.199. The van der Waals surface area contributed by atoms with Crippen LogP contribution in [0.5, 0.6) is 0 Å². The molecule has 1 N–H and O–H groups in total. The predicted octanol–water partition coefficient (Wildman–Crippen LogP) is 1.12. The lowest BCUT2D eigenvalue weighted by atomic mass is 9.93. The van der Waals surface area contributed by atoms with Crippen LogP contribution < -0.4 is 0 Å². The van der Waals surface area contributed by atoms with Gasteiger partial charge in [-0.1, -0.05) is 0 Å². The summed E-state index contributed by atoms with van der Waals surface area (Å²) in [5, 5.41) is 8.45. The molecule has 1 unspecified atom stereocenters. The van der Waals surface area contributed by atoms with Gasteiger partial charge < -0.3 is 10.0 Å². The molecule has 1 aliphatic rings. The van der Waals surface area contributed by atoms with Gasteiger partial charge in [0.05, 0.1) is 6.54 Å². The van der Waals surface area contributed by atoms with Gasteiger partial charge in [0, 0.05) is 6.54 Å². The van der Waals surface area contributed by atoms with Crippen molar-refractivity contribution in [3.05, 3.63) is 0 Å². The quantitative estimate of drug-likeness (QED) is 0.719. The highest BCUT2D eigenvalue weighted by Gasteiger charge is 2.53. The van der Waals surface area contributed by atoms with Gasteiger partial charge in [-0.15, -0.1) is 0 Å². The van der Waals surface area contributed by atoms with Crippen LogP contribution in [0.2, 0.25) is 0 Å². The number of piperidine rings is 1. The monoisotopic (exact) mass is 261 g/mol. The summed E-state index contributed by atoms with van der Waals surface area (Å²) >= 11 is 0. The van der Waals surface area contributed by atoms with Crippen molar-refractivity contribution in [1.29, 1.82) is 0 Å². The molecule has 1 saturated heterocycles. The summed E-state index contributed by atoms with van der Waals surface area (Å²) < 4.78 is 62.3. The normalized spacial score (nSPS) is 24.5. The van der Waals surface area contributed by atoms with Crippen molar-refractivity contribution in [3.8, 4) is 0 Å². The number of carboxylic acids is 1. The number of nitrogens with zero attached hydrogens (tertiary/aromatic N) is 1. The van der Waals surface area contributed by atoms with E-state index in [4.69, 9.17) is 5.11 Å². The van der Waals surface area contributed by atoms with Gasteiger partial charge in [-0.05, 0) is 6.42 Å². The number of halogens is 5. The predicted molar refractivity (Wildman–Crippen MR) is 43.3 cm³/mol. The van der Waals surface area contributed by atoms with Crippen molar-refractivity contribution in [2.45, 2.75) is 18.5 Å². The van der Waals surface area contributed by atoms with Gasteiger partial charge in [0.2, 0.25) is 0 Å². The van der Waals surface area contributed by atoms with Crippen LogP contribution >= 0.6 is 0 Å². The number of amides is 1. The van der Waals surface area contributed by atoms with Gasteiger partial charge in [-0.3, -0.25) is 9.59 Å². The molecule has 0 aromatic carbocycles. The van der Waals surface area contributed by atoms with Crippen LogP contribution in [0.3, 0.4) is 0 Å². The van der Waals surface area contributed by atoms with Gasteiger partial charge in [-0.2, -0.15) is 13.2 Å². The Hall–Kier alpha value is -1.41. The Labute approximate surface area is 92.0 Å². The topological polar surface area (TPSA) is 57.6 Å². The molecule has 0 aromatic heterocycles. The van der Waals surface area contributed by atoms with E-state index >= 15 is 0 Å². The zero-order valence-electron chi connectivity index (χ0n) is 8.30. The van der Waals surface area contributed by atoms with Crippen molar-refractivity contribution in [1.82, 2.24) is 4.90 Å². The van der Waals surface area contributed by atoms with Crippen LogP contribution in [0.25, 0.3) is 0 Å². The molecule has 0 aromatic rings. The molecule has 4 nitrogen and oxygen atoms in total. The van der Waals surface area contributed by atoms with Crippen molar-refractivity contribution in [2.75, 3.05) is 13.1 Å². The second kappa shape index (κ2) is 4.11. The fourth-order valence-corrected chi connectivity index (χ4v) is 1.60. The number of aliphatic carboxylic acids is 1. The highest BCUT2D eigenvalue weighted by molar-refractivity contribution is 5.82. The minimum Gasteiger partial charge on any atom is -0.481 e. The van der Waals surface area contributed by atoms with E-state index in [1.807, 2.05) is 0 Å². The van der Waals surface area contributed by atoms with E-state index in [1.54, 1.807) is 0 Å². The second-order valence-electron chi connectivity index (χ2n) is 3.66. The summed E-state index contributed by atoms with van der Waals surface area (Å²) in [6.07, 6.45) is -5.93. The molecule has 98 valence electrons. The third-order valence-corrected chi connectivity index (χ3v) is 2.43. The van der Waals surface area contributed by atoms with Gasteiger partial charge >= 0.3 is 18.1 Å². The van der Waals surface area contributed by atoms with Crippen LogP contribution in [0.4, 0.5) is 22.0 Å². The molecule has 1 amide bonds. The summed E-state index contributed by atoms with van der Waals surface area (Å²) in [5.74, 6) is -10.1. The first-order valence-electron chi connectivity index (χ1n) is 4.52. The molecule has 17 heavy (non-hydrogen) atoms. The maximum Gasteiger partial charge on any atom is 0.471 e. The maximum atomic E-state index is 13.2. The number of hydrogen-bond donors (Lipinski definition) is 1. The molecular weight excluding hydrogens is 253 g/mol. The summed E-state index contributed by atoms with van der Waals surface area (Å²) in [6, 6.07) is 0. The number of carbonyl (C=O) groups is 2. The van der Waals surface area contributed by atoms with Crippen LogP contribution in [-0.2, 0) is 9.59 Å². The minimum atomic E-state index is -5.23. The first-order valence-corrected chi connectivity index (χ1v) is 4.52. The van der Waals surface area contributed by atoms with E-state index in [9.17, 15) is 31.5 Å². The van der Waals surface area contributed by atoms with Gasteiger partial charge in [0.15, 0.2) is 0 Å². The van der Waals surface area contributed by atoms with E-state index < -0.39 is 49.4 Å². The first-order chi connectivity index (χ1) is 7.55. The summed E-state index contributed by atoms with van der Waals surface area (Å²) in [4.78, 5) is 21.1. The SMILES string of the molecule is O=C(O)C1CCN(C(=O)C(F)(F)F)CC1(F)F. The van der Waals surface area contributed by atoms with E-state index in [2.05, 4.69) is 0 Å². The van der Waals surface area contributed by atoms with Crippen molar-refractivity contribution in [2.24, 2.45) is 5.92 Å². The number of rotatable bonds is 1. The lowest BCUT2D eigenvalue weighted by Gasteiger charge is -2.36. The van der Waals surface area contributed by atoms with E-state index in [-0.39, 0.29) is 4.90 Å². The number of hydrogen-bond acceptors (Lipinski definition) is 2. The third-order valence-electron chi connectivity index (χ3n) is 2.43. The highest BCUT2D eigenvalue weighted by Crippen LogP contribution is 2.34. The molecule has 0 aliphatic carbocycles. The number of carboxylic acid groups (broad SMARTS) is 1. The minimum absolute atomic E-state index is 0.0700. The molecule has 1 fully saturated rings. The molecule has 0 saturated carbocycles. The van der Waals surface area contributed by atoms with Crippen LogP contribution in [0.1, 0.15) is 6.42 Å². The first kappa shape index (κ1) is 13.7. The zero-order valence-corrected chi connectivity index (χ0v) is 8.30. The molecule has 1 atom stereocenters. The Morgan fingerprint density at radius 1 is 1.29 bits per heavy atom. The lowest BCUT2D eigenvalue weighted by Crippen LogP contribution is -2.55. The van der Waals surface area contributed by atoms with Gasteiger partial charge in [0.25, 0.3) is 5.92 Å². The zero-order chi connectivity index (χ0) is 13.4. The van der Waals surface area contributed by atoms with Crippen LogP contribution in [-0.4, -0.2) is 47.1 Å². The largest absolute Gasteiger partial charge is 0.481 e. The highest BCUT2D eigenvalue weighted by atomic mass is 19.4. The van der Waals surface area contributed by atoms with Crippen molar-refractivity contribution >= 4 is 11.9 Å². The molecule has 0 radical (unpaired) electrons. The second-order valence-corrected chi connectivity index (χ2v) is 3.66. The Kier molecular flexibility index (Phi) is 3.30. The molecular formula is C8H8F5NO3. The van der Waals surface area contributed by atoms with Crippen molar-refractivity contribution < 1.29 is 36.6 Å². The molecule has 0 bridgehead atoms. The molecule has 9 heteroatoms. The molecule has 1 rings (SSSR count). The van der Waals surface area contributed by atoms with E-state index in [1.165, 1.54) is 0 Å². The smallest absolute Gasteiger partial charge is 0.471 e. The fraction of sp³-hybridized carbons (Fsp3) is 0.750.